The first-order valence-electron chi connectivity index (χ1n) is 7.03. The smallest absolute Gasteiger partial charge is 0.273 e. The minimum atomic E-state index is -3.57. The van der Waals surface area contributed by atoms with Crippen LogP contribution in [0.3, 0.4) is 0 Å². The fourth-order valence-corrected chi connectivity index (χ4v) is 2.59. The molecule has 0 aromatic carbocycles. The standard InChI is InChI=1S/C14H26N2O4S/c1-14(2,3)7-8-16-21(17,18)13-6-5-12(20-13)11-15-9-10-19-4/h5-6,15-16H,7-11H2,1-4H3. The van der Waals surface area contributed by atoms with Crippen molar-refractivity contribution in [2.24, 2.45) is 5.41 Å². The van der Waals surface area contributed by atoms with Crippen LogP contribution < -0.4 is 10.0 Å². The molecule has 1 aromatic heterocycles. The molecule has 0 radical (unpaired) electrons. The first-order chi connectivity index (χ1) is 9.74. The Bertz CT molecular complexity index is 517. The molecule has 0 fully saturated rings. The minimum absolute atomic E-state index is 0.0417. The van der Waals surface area contributed by atoms with Gasteiger partial charge in [0, 0.05) is 20.2 Å². The molecule has 2 N–H and O–H groups in total. The van der Waals surface area contributed by atoms with E-state index in [0.29, 0.717) is 32.0 Å². The van der Waals surface area contributed by atoms with Crippen molar-refractivity contribution in [2.45, 2.75) is 38.8 Å². The van der Waals surface area contributed by atoms with Crippen LogP contribution in [0.25, 0.3) is 0 Å². The Balaban J connectivity index is 2.50. The summed E-state index contributed by atoms with van der Waals surface area (Å²) >= 11 is 0. The molecule has 1 heterocycles. The summed E-state index contributed by atoms with van der Waals surface area (Å²) in [4.78, 5) is 0. The summed E-state index contributed by atoms with van der Waals surface area (Å²) in [5.41, 5.74) is 0.0854. The van der Waals surface area contributed by atoms with Crippen molar-refractivity contribution >= 4 is 10.0 Å². The van der Waals surface area contributed by atoms with Crippen LogP contribution >= 0.6 is 0 Å². The predicted molar refractivity (Wildman–Crippen MR) is 81.6 cm³/mol. The van der Waals surface area contributed by atoms with Crippen LogP contribution in [0.4, 0.5) is 0 Å². The molecule has 1 rings (SSSR count). The molecule has 6 nitrogen and oxygen atoms in total. The van der Waals surface area contributed by atoms with E-state index in [-0.39, 0.29) is 10.5 Å². The Hall–Kier alpha value is -0.890. The number of ether oxygens (including phenoxy) is 1. The number of rotatable bonds is 9. The van der Waals surface area contributed by atoms with E-state index in [1.54, 1.807) is 13.2 Å². The van der Waals surface area contributed by atoms with Crippen LogP contribution in [0.15, 0.2) is 21.6 Å². The first-order valence-corrected chi connectivity index (χ1v) is 8.51. The lowest BCUT2D eigenvalue weighted by Gasteiger charge is -2.17. The Morgan fingerprint density at radius 2 is 1.95 bits per heavy atom. The Morgan fingerprint density at radius 3 is 2.57 bits per heavy atom. The van der Waals surface area contributed by atoms with Crippen LogP contribution in [0.1, 0.15) is 33.0 Å². The van der Waals surface area contributed by atoms with Gasteiger partial charge >= 0.3 is 0 Å². The van der Waals surface area contributed by atoms with Gasteiger partial charge in [0.1, 0.15) is 5.76 Å². The average Bonchev–Trinajstić information content (AvgIpc) is 2.82. The van der Waals surface area contributed by atoms with Gasteiger partial charge in [0.05, 0.1) is 13.2 Å². The van der Waals surface area contributed by atoms with E-state index < -0.39 is 10.0 Å². The highest BCUT2D eigenvalue weighted by molar-refractivity contribution is 7.89. The molecule has 122 valence electrons. The van der Waals surface area contributed by atoms with Crippen molar-refractivity contribution in [2.75, 3.05) is 26.8 Å². The topological polar surface area (TPSA) is 80.6 Å². The molecular formula is C14H26N2O4S. The van der Waals surface area contributed by atoms with Crippen LogP contribution in [-0.4, -0.2) is 35.2 Å². The Kier molecular flexibility index (Phi) is 6.86. The minimum Gasteiger partial charge on any atom is -0.447 e. The van der Waals surface area contributed by atoms with Gasteiger partial charge in [0.15, 0.2) is 0 Å². The third kappa shape index (κ3) is 7.08. The second-order valence-corrected chi connectivity index (χ2v) is 7.80. The maximum Gasteiger partial charge on any atom is 0.273 e. The van der Waals surface area contributed by atoms with Gasteiger partial charge in [0.2, 0.25) is 5.09 Å². The van der Waals surface area contributed by atoms with E-state index in [1.165, 1.54) is 6.07 Å². The van der Waals surface area contributed by atoms with E-state index in [1.807, 2.05) is 0 Å². The number of furan rings is 1. The van der Waals surface area contributed by atoms with E-state index in [9.17, 15) is 8.42 Å². The molecule has 0 unspecified atom stereocenters. The highest BCUT2D eigenvalue weighted by Gasteiger charge is 2.19. The van der Waals surface area contributed by atoms with Crippen molar-refractivity contribution in [1.82, 2.24) is 10.0 Å². The Morgan fingerprint density at radius 1 is 1.24 bits per heavy atom. The van der Waals surface area contributed by atoms with E-state index >= 15 is 0 Å². The first kappa shape index (κ1) is 18.2. The van der Waals surface area contributed by atoms with Crippen LogP contribution in [0.5, 0.6) is 0 Å². The lowest BCUT2D eigenvalue weighted by atomic mass is 9.93. The van der Waals surface area contributed by atoms with E-state index in [2.05, 4.69) is 30.8 Å². The van der Waals surface area contributed by atoms with Gasteiger partial charge in [-0.1, -0.05) is 20.8 Å². The summed E-state index contributed by atoms with van der Waals surface area (Å²) in [6.45, 7) is 8.35. The summed E-state index contributed by atoms with van der Waals surface area (Å²) in [6, 6.07) is 3.14. The molecule has 0 amide bonds. The van der Waals surface area contributed by atoms with Crippen molar-refractivity contribution in [3.8, 4) is 0 Å². The average molecular weight is 318 g/mol. The van der Waals surface area contributed by atoms with Crippen molar-refractivity contribution in [3.63, 3.8) is 0 Å². The third-order valence-electron chi connectivity index (χ3n) is 2.85. The molecule has 0 aliphatic carbocycles. The summed E-state index contributed by atoms with van der Waals surface area (Å²) < 4.78 is 37.0. The highest BCUT2D eigenvalue weighted by Crippen LogP contribution is 2.18. The number of hydrogen-bond donors (Lipinski definition) is 2. The fraction of sp³-hybridized carbons (Fsp3) is 0.714. The largest absolute Gasteiger partial charge is 0.447 e. The molecule has 0 spiro atoms. The molecule has 0 bridgehead atoms. The van der Waals surface area contributed by atoms with Gasteiger partial charge in [-0.3, -0.25) is 0 Å². The molecule has 21 heavy (non-hydrogen) atoms. The van der Waals surface area contributed by atoms with Crippen molar-refractivity contribution in [3.05, 3.63) is 17.9 Å². The number of nitrogens with one attached hydrogen (secondary N) is 2. The molecular weight excluding hydrogens is 292 g/mol. The van der Waals surface area contributed by atoms with Crippen LogP contribution in [-0.2, 0) is 21.3 Å². The zero-order chi connectivity index (χ0) is 15.9. The summed E-state index contributed by atoms with van der Waals surface area (Å²) in [6.07, 6.45) is 0.762. The Labute approximate surface area is 127 Å². The van der Waals surface area contributed by atoms with Gasteiger partial charge in [-0.15, -0.1) is 0 Å². The number of sulfonamides is 1. The lowest BCUT2D eigenvalue weighted by Crippen LogP contribution is -2.27. The van der Waals surface area contributed by atoms with E-state index in [4.69, 9.17) is 9.15 Å². The SMILES string of the molecule is COCCNCc1ccc(S(=O)(=O)NCCC(C)(C)C)o1. The molecule has 0 saturated heterocycles. The second-order valence-electron chi connectivity index (χ2n) is 6.10. The van der Waals surface area contributed by atoms with Gasteiger partial charge in [-0.25, -0.2) is 13.1 Å². The van der Waals surface area contributed by atoms with E-state index in [0.717, 1.165) is 6.42 Å². The van der Waals surface area contributed by atoms with Gasteiger partial charge in [-0.05, 0) is 24.0 Å². The van der Waals surface area contributed by atoms with Crippen molar-refractivity contribution < 1.29 is 17.6 Å². The molecule has 0 aliphatic heterocycles. The van der Waals surface area contributed by atoms with Gasteiger partial charge in [0.25, 0.3) is 10.0 Å². The summed E-state index contributed by atoms with van der Waals surface area (Å²) in [5, 5.41) is 3.05. The molecule has 7 heteroatoms. The summed E-state index contributed by atoms with van der Waals surface area (Å²) in [5.74, 6) is 0.585. The fourth-order valence-electron chi connectivity index (χ4n) is 1.62. The zero-order valence-corrected chi connectivity index (χ0v) is 14.0. The maximum atomic E-state index is 12.1. The monoisotopic (exact) mass is 318 g/mol. The summed E-state index contributed by atoms with van der Waals surface area (Å²) in [7, 11) is -1.94. The molecule has 0 saturated carbocycles. The van der Waals surface area contributed by atoms with Crippen LogP contribution in [0.2, 0.25) is 0 Å². The van der Waals surface area contributed by atoms with Crippen molar-refractivity contribution in [1.29, 1.82) is 0 Å². The molecule has 0 aliphatic rings. The maximum absolute atomic E-state index is 12.1. The highest BCUT2D eigenvalue weighted by atomic mass is 32.2. The third-order valence-corrected chi connectivity index (χ3v) is 4.18. The number of hydrogen-bond acceptors (Lipinski definition) is 5. The molecule has 0 atom stereocenters. The lowest BCUT2D eigenvalue weighted by molar-refractivity contribution is 0.198. The second kappa shape index (κ2) is 7.93. The number of methoxy groups -OCH3 is 1. The quantitative estimate of drug-likeness (QED) is 0.678. The molecule has 1 aromatic rings. The normalized spacial score (nSPS) is 12.8. The predicted octanol–water partition coefficient (Wildman–Crippen LogP) is 1.73. The zero-order valence-electron chi connectivity index (χ0n) is 13.2. The van der Waals surface area contributed by atoms with Crippen LogP contribution in [0, 0.1) is 5.41 Å². The van der Waals surface area contributed by atoms with Gasteiger partial charge in [-0.2, -0.15) is 0 Å². The van der Waals surface area contributed by atoms with Gasteiger partial charge < -0.3 is 14.5 Å².